The molecule has 1 saturated heterocycles. The topological polar surface area (TPSA) is 89.8 Å². The van der Waals surface area contributed by atoms with Crippen LogP contribution < -0.4 is 9.64 Å². The molecule has 3 rings (SSSR count). The normalized spacial score (nSPS) is 16.0. The number of benzene rings is 2. The zero-order valence-electron chi connectivity index (χ0n) is 14.0. The zero-order chi connectivity index (χ0) is 18.8. The Balaban J connectivity index is 1.96. The van der Waals surface area contributed by atoms with Gasteiger partial charge in [-0.25, -0.2) is 4.90 Å². The van der Waals surface area contributed by atoms with E-state index in [2.05, 4.69) is 0 Å². The lowest BCUT2D eigenvalue weighted by atomic mass is 10.1. The van der Waals surface area contributed by atoms with Crippen LogP contribution in [0.2, 0.25) is 0 Å². The lowest BCUT2D eigenvalue weighted by Crippen LogP contribution is -2.27. The summed E-state index contributed by atoms with van der Waals surface area (Å²) < 4.78 is 5.14. The average Bonchev–Trinajstić information content (AvgIpc) is 2.95. The second-order valence-corrected chi connectivity index (χ2v) is 6.43. The van der Waals surface area contributed by atoms with Crippen LogP contribution >= 0.6 is 11.8 Å². The predicted molar refractivity (Wildman–Crippen MR) is 99.2 cm³/mol. The molecule has 8 heteroatoms. The van der Waals surface area contributed by atoms with Gasteiger partial charge in [0.25, 0.3) is 16.8 Å². The highest BCUT2D eigenvalue weighted by Crippen LogP contribution is 2.39. The van der Waals surface area contributed by atoms with Gasteiger partial charge in [-0.1, -0.05) is 6.07 Å². The van der Waals surface area contributed by atoms with Gasteiger partial charge in [-0.05, 0) is 54.1 Å². The van der Waals surface area contributed by atoms with Crippen molar-refractivity contribution in [3.8, 4) is 5.75 Å². The molecule has 2 amide bonds. The molecule has 0 aromatic heterocycles. The number of ether oxygens (including phenoxy) is 1. The van der Waals surface area contributed by atoms with Crippen molar-refractivity contribution in [1.29, 1.82) is 0 Å². The summed E-state index contributed by atoms with van der Waals surface area (Å²) in [6.45, 7) is 1.71. The van der Waals surface area contributed by atoms with Crippen LogP contribution in [-0.4, -0.2) is 23.2 Å². The number of thioether (sulfide) groups is 1. The Morgan fingerprint density at radius 1 is 1.15 bits per heavy atom. The maximum Gasteiger partial charge on any atom is 0.298 e. The van der Waals surface area contributed by atoms with Gasteiger partial charge in [-0.3, -0.25) is 19.7 Å². The number of nitro benzene ring substituents is 1. The fourth-order valence-electron chi connectivity index (χ4n) is 2.53. The molecule has 1 aliphatic rings. The number of imide groups is 1. The van der Waals surface area contributed by atoms with Gasteiger partial charge in [0.15, 0.2) is 0 Å². The molecule has 0 N–H and O–H groups in total. The second-order valence-electron chi connectivity index (χ2n) is 5.47. The molecule has 0 aliphatic carbocycles. The molecule has 0 radical (unpaired) electrons. The maximum atomic E-state index is 12.8. The van der Waals surface area contributed by atoms with Crippen molar-refractivity contribution in [2.45, 2.75) is 6.92 Å². The van der Waals surface area contributed by atoms with Crippen LogP contribution in [0, 0.1) is 10.1 Å². The third-order valence-corrected chi connectivity index (χ3v) is 4.97. The third-order valence-electron chi connectivity index (χ3n) is 3.93. The molecule has 0 bridgehead atoms. The van der Waals surface area contributed by atoms with Crippen LogP contribution in [-0.2, 0) is 4.79 Å². The molecular weight excluding hydrogens is 356 g/mol. The molecule has 0 unspecified atom stereocenters. The van der Waals surface area contributed by atoms with E-state index in [-0.39, 0.29) is 5.69 Å². The van der Waals surface area contributed by atoms with Gasteiger partial charge in [-0.15, -0.1) is 0 Å². The van der Waals surface area contributed by atoms with Gasteiger partial charge in [0.05, 0.1) is 22.6 Å². The molecule has 1 fully saturated rings. The number of nitro groups is 1. The molecule has 26 heavy (non-hydrogen) atoms. The Morgan fingerprint density at radius 2 is 1.85 bits per heavy atom. The highest BCUT2D eigenvalue weighted by Gasteiger charge is 2.37. The number of carbonyl (C=O) groups is 2. The second kappa shape index (κ2) is 7.01. The van der Waals surface area contributed by atoms with Crippen molar-refractivity contribution in [1.82, 2.24) is 0 Å². The predicted octanol–water partition coefficient (Wildman–Crippen LogP) is 4.23. The smallest absolute Gasteiger partial charge is 0.298 e. The fourth-order valence-corrected chi connectivity index (χ4v) is 3.44. The molecule has 7 nitrogen and oxygen atoms in total. The summed E-state index contributed by atoms with van der Waals surface area (Å²) >= 11 is 0.846. The van der Waals surface area contributed by atoms with Gasteiger partial charge in [0.1, 0.15) is 5.75 Å². The molecule has 0 atom stereocenters. The van der Waals surface area contributed by atoms with Crippen LogP contribution in [0.1, 0.15) is 12.5 Å². The summed E-state index contributed by atoms with van der Waals surface area (Å²) in [6, 6.07) is 12.5. The minimum atomic E-state index is -0.490. The van der Waals surface area contributed by atoms with E-state index < -0.39 is 16.1 Å². The zero-order valence-corrected chi connectivity index (χ0v) is 14.8. The minimum Gasteiger partial charge on any atom is -0.497 e. The lowest BCUT2D eigenvalue weighted by molar-refractivity contribution is -0.384. The molecule has 132 valence electrons. The van der Waals surface area contributed by atoms with Gasteiger partial charge < -0.3 is 4.74 Å². The molecule has 1 aliphatic heterocycles. The van der Waals surface area contributed by atoms with Crippen LogP contribution in [0.25, 0.3) is 5.57 Å². The standard InChI is InChI=1S/C18H14N2O5S/c1-11(12-6-8-13(9-7-12)20(23)24)16-17(21)19(18(22)26-16)14-4-3-5-15(10-14)25-2/h3-10H,1-2H3/b16-11-. The first-order valence-electron chi connectivity index (χ1n) is 7.58. The minimum absolute atomic E-state index is 0.0361. The SMILES string of the molecule is COc1cccc(N2C(=O)S/C(=C(/C)c3ccc([N+](=O)[O-])cc3)C2=O)c1. The summed E-state index contributed by atoms with van der Waals surface area (Å²) in [4.78, 5) is 36.8. The van der Waals surface area contributed by atoms with E-state index in [0.29, 0.717) is 27.5 Å². The van der Waals surface area contributed by atoms with E-state index in [9.17, 15) is 19.7 Å². The van der Waals surface area contributed by atoms with E-state index in [1.165, 1.54) is 19.2 Å². The number of nitrogens with zero attached hydrogens (tertiary/aromatic N) is 2. The van der Waals surface area contributed by atoms with E-state index in [4.69, 9.17) is 4.74 Å². The Morgan fingerprint density at radius 3 is 2.46 bits per heavy atom. The molecule has 1 heterocycles. The quantitative estimate of drug-likeness (QED) is 0.454. The molecule has 0 spiro atoms. The number of hydrogen-bond donors (Lipinski definition) is 0. The third kappa shape index (κ3) is 3.18. The number of non-ortho nitro benzene ring substituents is 1. The highest BCUT2D eigenvalue weighted by atomic mass is 32.2. The van der Waals surface area contributed by atoms with Crippen molar-refractivity contribution in [3.05, 3.63) is 69.1 Å². The van der Waals surface area contributed by atoms with Crippen molar-refractivity contribution >= 4 is 39.9 Å². The average molecular weight is 370 g/mol. The molecule has 0 saturated carbocycles. The lowest BCUT2D eigenvalue weighted by Gasteiger charge is -2.13. The molecular formula is C18H14N2O5S. The first-order chi connectivity index (χ1) is 12.4. The summed E-state index contributed by atoms with van der Waals surface area (Å²) in [5.74, 6) is 0.113. The summed E-state index contributed by atoms with van der Waals surface area (Å²) in [7, 11) is 1.51. The van der Waals surface area contributed by atoms with E-state index >= 15 is 0 Å². The summed E-state index contributed by atoms with van der Waals surface area (Å²) in [6.07, 6.45) is 0. The van der Waals surface area contributed by atoms with Crippen LogP contribution in [0.15, 0.2) is 53.4 Å². The van der Waals surface area contributed by atoms with Crippen LogP contribution in [0.3, 0.4) is 0 Å². The first kappa shape index (κ1) is 17.7. The van der Waals surface area contributed by atoms with E-state index in [1.54, 1.807) is 43.3 Å². The number of methoxy groups -OCH3 is 1. The molecule has 2 aromatic rings. The largest absolute Gasteiger partial charge is 0.497 e. The van der Waals surface area contributed by atoms with Gasteiger partial charge in [0.2, 0.25) is 0 Å². The molecule has 2 aromatic carbocycles. The van der Waals surface area contributed by atoms with Crippen molar-refractivity contribution < 1.29 is 19.2 Å². The first-order valence-corrected chi connectivity index (χ1v) is 8.40. The van der Waals surface area contributed by atoms with Crippen LogP contribution in [0.5, 0.6) is 5.75 Å². The monoisotopic (exact) mass is 370 g/mol. The Labute approximate surface area is 153 Å². The summed E-state index contributed by atoms with van der Waals surface area (Å²) in [5, 5.41) is 10.4. The van der Waals surface area contributed by atoms with Gasteiger partial charge in [-0.2, -0.15) is 0 Å². The number of hydrogen-bond acceptors (Lipinski definition) is 6. The fraction of sp³-hybridized carbons (Fsp3) is 0.111. The Bertz CT molecular complexity index is 937. The van der Waals surface area contributed by atoms with Gasteiger partial charge in [0, 0.05) is 18.2 Å². The van der Waals surface area contributed by atoms with Gasteiger partial charge >= 0.3 is 0 Å². The Hall–Kier alpha value is -3.13. The number of allylic oxidation sites excluding steroid dienone is 1. The van der Waals surface area contributed by atoms with E-state index in [0.717, 1.165) is 16.7 Å². The van der Waals surface area contributed by atoms with Crippen molar-refractivity contribution in [2.75, 3.05) is 12.0 Å². The van der Waals surface area contributed by atoms with E-state index in [1.807, 2.05) is 0 Å². The number of amides is 2. The van der Waals surface area contributed by atoms with Crippen molar-refractivity contribution in [2.24, 2.45) is 0 Å². The summed E-state index contributed by atoms with van der Waals surface area (Å²) in [5.41, 5.74) is 1.63. The number of anilines is 1. The number of rotatable bonds is 4. The Kier molecular flexibility index (Phi) is 4.77. The maximum absolute atomic E-state index is 12.8. The van der Waals surface area contributed by atoms with Crippen LogP contribution in [0.4, 0.5) is 16.2 Å². The number of carbonyl (C=O) groups excluding carboxylic acids is 2. The van der Waals surface area contributed by atoms with Crippen molar-refractivity contribution in [3.63, 3.8) is 0 Å². The highest BCUT2D eigenvalue weighted by molar-refractivity contribution is 8.19.